The Hall–Kier alpha value is -1.05. The van der Waals surface area contributed by atoms with Gasteiger partial charge in [0.05, 0.1) is 6.20 Å². The molecule has 13 heavy (non-hydrogen) atoms. The maximum atomic E-state index is 12.0. The summed E-state index contributed by atoms with van der Waals surface area (Å²) in [6, 6.07) is 0.886. The van der Waals surface area contributed by atoms with Gasteiger partial charge in [-0.3, -0.25) is 0 Å². The van der Waals surface area contributed by atoms with Gasteiger partial charge >= 0.3 is 10.2 Å². The lowest BCUT2D eigenvalue weighted by Crippen LogP contribution is -2.06. The summed E-state index contributed by atoms with van der Waals surface area (Å²) in [5.41, 5.74) is 4.95. The van der Waals surface area contributed by atoms with Crippen LogP contribution < -0.4 is 5.73 Å². The van der Waals surface area contributed by atoms with Crippen molar-refractivity contribution in [2.24, 2.45) is 0 Å². The number of nitrogens with two attached hydrogens (primary N) is 1. The molecule has 0 aliphatic heterocycles. The molecule has 0 atom stereocenters. The lowest BCUT2D eigenvalue weighted by atomic mass is 10.5. The standard InChI is InChI=1S/C5H5F5N2S/c6-13(7,8,9,10)4-1-2-5(11)12-3-4/h1-3H,(H2,11,12). The molecular weight excluding hydrogens is 215 g/mol. The van der Waals surface area contributed by atoms with Crippen LogP contribution in [-0.4, -0.2) is 4.98 Å². The SMILES string of the molecule is Nc1ccc(S(F)(F)(F)(F)F)cn1. The molecule has 0 saturated carbocycles. The number of nitrogen functional groups attached to an aromatic ring is 1. The minimum atomic E-state index is -9.57. The van der Waals surface area contributed by atoms with Gasteiger partial charge in [0, 0.05) is 0 Å². The first-order valence-electron chi connectivity index (χ1n) is 2.95. The highest BCUT2D eigenvalue weighted by molar-refractivity contribution is 8.45. The normalized spacial score (nSPS) is 17.6. The molecule has 1 heterocycles. The molecule has 76 valence electrons. The van der Waals surface area contributed by atoms with Crippen LogP contribution in [-0.2, 0) is 0 Å². The van der Waals surface area contributed by atoms with Crippen molar-refractivity contribution >= 4 is 16.0 Å². The van der Waals surface area contributed by atoms with Crippen LogP contribution in [0.1, 0.15) is 0 Å². The molecule has 0 fully saturated rings. The predicted molar refractivity (Wildman–Crippen MR) is 40.0 cm³/mol. The molecule has 0 aliphatic rings. The van der Waals surface area contributed by atoms with Crippen LogP contribution in [0.15, 0.2) is 23.2 Å². The molecule has 0 aliphatic carbocycles. The Labute approximate surface area is 70.3 Å². The van der Waals surface area contributed by atoms with E-state index in [4.69, 9.17) is 5.73 Å². The fourth-order valence-corrected chi connectivity index (χ4v) is 1.20. The molecule has 1 aromatic heterocycles. The van der Waals surface area contributed by atoms with Gasteiger partial charge in [-0.15, -0.1) is 0 Å². The van der Waals surface area contributed by atoms with Crippen LogP contribution in [0.5, 0.6) is 0 Å². The van der Waals surface area contributed by atoms with E-state index in [1.54, 1.807) is 0 Å². The number of hydrogen-bond donors (Lipinski definition) is 1. The third kappa shape index (κ3) is 2.44. The van der Waals surface area contributed by atoms with Gasteiger partial charge in [0.1, 0.15) is 10.7 Å². The van der Waals surface area contributed by atoms with E-state index in [1.807, 2.05) is 0 Å². The van der Waals surface area contributed by atoms with Crippen molar-refractivity contribution in [1.29, 1.82) is 0 Å². The van der Waals surface area contributed by atoms with E-state index in [1.165, 1.54) is 0 Å². The third-order valence-electron chi connectivity index (χ3n) is 1.20. The van der Waals surface area contributed by atoms with E-state index in [2.05, 4.69) is 4.98 Å². The Bertz CT molecular complexity index is 327. The largest absolute Gasteiger partial charge is 0.384 e. The van der Waals surface area contributed by atoms with Crippen LogP contribution in [0, 0.1) is 0 Å². The summed E-state index contributed by atoms with van der Waals surface area (Å²) in [6.07, 6.45) is 0.0247. The molecule has 0 radical (unpaired) electrons. The Morgan fingerprint density at radius 3 is 1.92 bits per heavy atom. The van der Waals surface area contributed by atoms with Crippen LogP contribution in [0.3, 0.4) is 0 Å². The second-order valence-corrected chi connectivity index (χ2v) is 4.80. The third-order valence-corrected chi connectivity index (χ3v) is 2.34. The summed E-state index contributed by atoms with van der Waals surface area (Å²) in [5.74, 6) is -0.245. The fourth-order valence-electron chi connectivity index (χ4n) is 0.620. The predicted octanol–water partition coefficient (Wildman–Crippen LogP) is 3.32. The average molecular weight is 220 g/mol. The van der Waals surface area contributed by atoms with Gasteiger partial charge in [0.2, 0.25) is 0 Å². The number of hydrogen-bond acceptors (Lipinski definition) is 2. The smallest absolute Gasteiger partial charge is 0.311 e. The minimum Gasteiger partial charge on any atom is -0.384 e. The highest BCUT2D eigenvalue weighted by atomic mass is 32.5. The van der Waals surface area contributed by atoms with Crippen molar-refractivity contribution < 1.29 is 19.4 Å². The lowest BCUT2D eigenvalue weighted by Gasteiger charge is -2.40. The van der Waals surface area contributed by atoms with Crippen LogP contribution in [0.4, 0.5) is 25.2 Å². The van der Waals surface area contributed by atoms with Crippen molar-refractivity contribution in [2.45, 2.75) is 4.90 Å². The lowest BCUT2D eigenvalue weighted by molar-refractivity contribution is 0.363. The molecule has 2 nitrogen and oxygen atoms in total. The zero-order chi connectivity index (χ0) is 10.4. The number of rotatable bonds is 1. The van der Waals surface area contributed by atoms with E-state index < -0.39 is 15.1 Å². The van der Waals surface area contributed by atoms with E-state index in [-0.39, 0.29) is 18.1 Å². The highest BCUT2D eigenvalue weighted by Gasteiger charge is 2.65. The minimum absolute atomic E-state index is 0.0247. The fraction of sp³-hybridized carbons (Fsp3) is 0. The summed E-state index contributed by atoms with van der Waals surface area (Å²) in [7, 11) is -9.57. The second-order valence-electron chi connectivity index (χ2n) is 2.39. The van der Waals surface area contributed by atoms with Gasteiger partial charge in [0.25, 0.3) is 0 Å². The first kappa shape index (κ1) is 10.0. The number of pyridine rings is 1. The maximum Gasteiger partial charge on any atom is 0.311 e. The number of anilines is 1. The van der Waals surface area contributed by atoms with Crippen molar-refractivity contribution in [3.05, 3.63) is 18.3 Å². The van der Waals surface area contributed by atoms with Gasteiger partial charge in [-0.05, 0) is 12.1 Å². The van der Waals surface area contributed by atoms with E-state index in [9.17, 15) is 19.4 Å². The molecule has 1 aromatic rings. The van der Waals surface area contributed by atoms with Crippen molar-refractivity contribution in [3.8, 4) is 0 Å². The first-order chi connectivity index (χ1) is 5.49. The summed E-state index contributed by atoms with van der Waals surface area (Å²) in [5, 5.41) is 0. The number of aromatic nitrogens is 1. The van der Waals surface area contributed by atoms with Gasteiger partial charge in [-0.1, -0.05) is 19.4 Å². The molecule has 0 amide bonds. The Morgan fingerprint density at radius 1 is 1.08 bits per heavy atom. The van der Waals surface area contributed by atoms with Gasteiger partial charge in [-0.25, -0.2) is 4.98 Å². The number of halogens is 5. The molecule has 8 heteroatoms. The molecule has 2 N–H and O–H groups in total. The van der Waals surface area contributed by atoms with Crippen LogP contribution >= 0.6 is 10.2 Å². The quantitative estimate of drug-likeness (QED) is 0.737. The van der Waals surface area contributed by atoms with E-state index in [0.29, 0.717) is 6.07 Å². The van der Waals surface area contributed by atoms with E-state index >= 15 is 0 Å². The van der Waals surface area contributed by atoms with Crippen LogP contribution in [0.25, 0.3) is 0 Å². The Morgan fingerprint density at radius 2 is 1.62 bits per heavy atom. The summed E-state index contributed by atoms with van der Waals surface area (Å²) < 4.78 is 60.0. The molecule has 0 saturated heterocycles. The molecule has 1 rings (SSSR count). The van der Waals surface area contributed by atoms with E-state index in [0.717, 1.165) is 0 Å². The molecule has 0 unspecified atom stereocenters. The van der Waals surface area contributed by atoms with Crippen molar-refractivity contribution in [1.82, 2.24) is 4.98 Å². The summed E-state index contributed by atoms with van der Waals surface area (Å²) >= 11 is 0. The zero-order valence-electron chi connectivity index (χ0n) is 6.05. The molecular formula is C5H5F5N2S. The van der Waals surface area contributed by atoms with Crippen molar-refractivity contribution in [3.63, 3.8) is 0 Å². The monoisotopic (exact) mass is 220 g/mol. The molecule has 0 bridgehead atoms. The summed E-state index contributed by atoms with van der Waals surface area (Å²) in [6.45, 7) is 0. The molecule has 0 spiro atoms. The van der Waals surface area contributed by atoms with Gasteiger partial charge in [0.15, 0.2) is 0 Å². The highest BCUT2D eigenvalue weighted by Crippen LogP contribution is 3.02. The first-order valence-corrected chi connectivity index (χ1v) is 4.90. The second kappa shape index (κ2) is 1.89. The van der Waals surface area contributed by atoms with Gasteiger partial charge < -0.3 is 5.73 Å². The molecule has 0 aromatic carbocycles. The Kier molecular flexibility index (Phi) is 1.46. The topological polar surface area (TPSA) is 38.9 Å². The summed E-state index contributed by atoms with van der Waals surface area (Å²) in [4.78, 5) is 0.910. The maximum absolute atomic E-state index is 12.0. The zero-order valence-corrected chi connectivity index (χ0v) is 6.87. The average Bonchev–Trinajstić information content (AvgIpc) is 1.82. The van der Waals surface area contributed by atoms with Crippen LogP contribution in [0.2, 0.25) is 0 Å². The van der Waals surface area contributed by atoms with Gasteiger partial charge in [-0.2, -0.15) is 0 Å². The Balaban J connectivity index is 3.34. The van der Waals surface area contributed by atoms with Crippen molar-refractivity contribution in [2.75, 3.05) is 5.73 Å². The number of nitrogens with zero attached hydrogens (tertiary/aromatic N) is 1.